The predicted molar refractivity (Wildman–Crippen MR) is 76.4 cm³/mol. The Balaban J connectivity index is 1.85. The van der Waals surface area contributed by atoms with Crippen LogP contribution in [-0.4, -0.2) is 28.0 Å². The Kier molecular flexibility index (Phi) is 4.57. The highest BCUT2D eigenvalue weighted by atomic mass is 19.1. The molecular weight excluding hydrogens is 273 g/mol. The predicted octanol–water partition coefficient (Wildman–Crippen LogP) is 2.07. The molecule has 0 aliphatic carbocycles. The van der Waals surface area contributed by atoms with Crippen LogP contribution in [0.15, 0.2) is 36.7 Å². The Bertz CT molecular complexity index is 579. The summed E-state index contributed by atoms with van der Waals surface area (Å²) in [6, 6.07) is 5.57. The van der Waals surface area contributed by atoms with Crippen molar-refractivity contribution in [2.75, 3.05) is 6.54 Å². The van der Waals surface area contributed by atoms with E-state index < -0.39 is 5.60 Å². The number of aromatic nitrogens is 2. The molecule has 0 atom stereocenters. The van der Waals surface area contributed by atoms with Gasteiger partial charge in [-0.1, -0.05) is 0 Å². The number of amides is 1. The molecule has 1 aromatic heterocycles. The molecule has 6 heteroatoms. The highest BCUT2D eigenvalue weighted by Crippen LogP contribution is 2.18. The van der Waals surface area contributed by atoms with Crippen LogP contribution in [0.1, 0.15) is 19.7 Å². The summed E-state index contributed by atoms with van der Waals surface area (Å²) in [5.74, 6) is 0.677. The maximum absolute atomic E-state index is 12.8. The van der Waals surface area contributed by atoms with E-state index in [1.807, 2.05) is 0 Å². The third-order valence-corrected chi connectivity index (χ3v) is 2.94. The first kappa shape index (κ1) is 15.0. The lowest BCUT2D eigenvalue weighted by atomic mass is 10.1. The smallest absolute Gasteiger partial charge is 0.263 e. The zero-order valence-electron chi connectivity index (χ0n) is 12.0. The van der Waals surface area contributed by atoms with Gasteiger partial charge in [-0.2, -0.15) is 0 Å². The molecule has 0 aliphatic rings. The summed E-state index contributed by atoms with van der Waals surface area (Å²) in [6.45, 7) is 3.79. The second-order valence-electron chi connectivity index (χ2n) is 5.11. The molecule has 2 N–H and O–H groups in total. The average Bonchev–Trinajstić information content (AvgIpc) is 2.94. The van der Waals surface area contributed by atoms with E-state index in [1.54, 1.807) is 26.2 Å². The maximum Gasteiger partial charge on any atom is 0.263 e. The Morgan fingerprint density at radius 1 is 1.38 bits per heavy atom. The number of hydrogen-bond donors (Lipinski definition) is 2. The van der Waals surface area contributed by atoms with Gasteiger partial charge in [-0.3, -0.25) is 4.79 Å². The van der Waals surface area contributed by atoms with Gasteiger partial charge in [-0.15, -0.1) is 0 Å². The van der Waals surface area contributed by atoms with Crippen molar-refractivity contribution in [2.24, 2.45) is 0 Å². The van der Waals surface area contributed by atoms with Crippen molar-refractivity contribution < 1.29 is 13.9 Å². The van der Waals surface area contributed by atoms with E-state index in [4.69, 9.17) is 4.74 Å². The summed E-state index contributed by atoms with van der Waals surface area (Å²) in [7, 11) is 0. The minimum atomic E-state index is -1.04. The third-order valence-electron chi connectivity index (χ3n) is 2.94. The highest BCUT2D eigenvalue weighted by molar-refractivity contribution is 5.84. The fraction of sp³-hybridized carbons (Fsp3) is 0.333. The molecule has 0 unspecified atom stereocenters. The molecule has 5 nitrogen and oxygen atoms in total. The van der Waals surface area contributed by atoms with Crippen LogP contribution in [-0.2, 0) is 11.2 Å². The Morgan fingerprint density at radius 2 is 2.10 bits per heavy atom. The minimum absolute atomic E-state index is 0.238. The Hall–Kier alpha value is -2.37. The first-order valence-electron chi connectivity index (χ1n) is 6.68. The number of rotatable bonds is 6. The standard InChI is InChI=1S/C15H18FN3O2/c1-15(2,21-12-5-3-11(16)4-6-12)14(20)19-8-7-13-17-9-10-18-13/h3-6,9-10H,7-8H2,1-2H3,(H,17,18)(H,19,20). The van der Waals surface area contributed by atoms with E-state index >= 15 is 0 Å². The van der Waals surface area contributed by atoms with Crippen LogP contribution in [0.2, 0.25) is 0 Å². The summed E-state index contributed by atoms with van der Waals surface area (Å²) in [5, 5.41) is 2.79. The van der Waals surface area contributed by atoms with Gasteiger partial charge in [0.2, 0.25) is 0 Å². The maximum atomic E-state index is 12.8. The van der Waals surface area contributed by atoms with E-state index in [-0.39, 0.29) is 11.7 Å². The highest BCUT2D eigenvalue weighted by Gasteiger charge is 2.29. The normalized spacial score (nSPS) is 11.2. The SMILES string of the molecule is CC(C)(Oc1ccc(F)cc1)C(=O)NCCc1ncc[nH]1. The van der Waals surface area contributed by atoms with Crippen molar-refractivity contribution in [1.29, 1.82) is 0 Å². The van der Waals surface area contributed by atoms with Crippen molar-refractivity contribution in [3.05, 3.63) is 48.3 Å². The molecule has 1 aromatic carbocycles. The van der Waals surface area contributed by atoms with Crippen LogP contribution in [0.25, 0.3) is 0 Å². The van der Waals surface area contributed by atoms with Crippen molar-refractivity contribution in [1.82, 2.24) is 15.3 Å². The summed E-state index contributed by atoms with van der Waals surface area (Å²) in [5.41, 5.74) is -1.04. The largest absolute Gasteiger partial charge is 0.478 e. The summed E-state index contributed by atoms with van der Waals surface area (Å²) in [6.07, 6.45) is 4.02. The molecule has 21 heavy (non-hydrogen) atoms. The van der Waals surface area contributed by atoms with Crippen LogP contribution in [0.3, 0.4) is 0 Å². The van der Waals surface area contributed by atoms with E-state index in [0.29, 0.717) is 18.7 Å². The van der Waals surface area contributed by atoms with E-state index in [2.05, 4.69) is 15.3 Å². The van der Waals surface area contributed by atoms with Gasteiger partial charge in [0, 0.05) is 25.4 Å². The number of carbonyl (C=O) groups is 1. The van der Waals surface area contributed by atoms with E-state index in [0.717, 1.165) is 5.82 Å². The zero-order chi connectivity index (χ0) is 15.3. The Labute approximate surface area is 122 Å². The minimum Gasteiger partial charge on any atom is -0.478 e. The molecule has 2 rings (SSSR count). The molecule has 0 bridgehead atoms. The Morgan fingerprint density at radius 3 is 2.71 bits per heavy atom. The summed E-state index contributed by atoms with van der Waals surface area (Å²) >= 11 is 0. The van der Waals surface area contributed by atoms with Crippen LogP contribution in [0.5, 0.6) is 5.75 Å². The zero-order valence-corrected chi connectivity index (χ0v) is 12.0. The van der Waals surface area contributed by atoms with Crippen molar-refractivity contribution in [3.8, 4) is 5.75 Å². The number of halogens is 1. The van der Waals surface area contributed by atoms with Crippen LogP contribution in [0.4, 0.5) is 4.39 Å². The van der Waals surface area contributed by atoms with Gasteiger partial charge in [-0.25, -0.2) is 9.37 Å². The van der Waals surface area contributed by atoms with Gasteiger partial charge in [-0.05, 0) is 38.1 Å². The fourth-order valence-corrected chi connectivity index (χ4v) is 1.79. The van der Waals surface area contributed by atoms with E-state index in [1.165, 1.54) is 24.3 Å². The van der Waals surface area contributed by atoms with Crippen molar-refractivity contribution >= 4 is 5.91 Å². The third kappa shape index (κ3) is 4.30. The van der Waals surface area contributed by atoms with Gasteiger partial charge in [0.05, 0.1) is 0 Å². The molecule has 0 spiro atoms. The number of hydrogen-bond acceptors (Lipinski definition) is 3. The van der Waals surface area contributed by atoms with Gasteiger partial charge >= 0.3 is 0 Å². The first-order valence-corrected chi connectivity index (χ1v) is 6.68. The molecule has 0 fully saturated rings. The molecule has 0 saturated carbocycles. The second kappa shape index (κ2) is 6.39. The molecule has 0 aliphatic heterocycles. The monoisotopic (exact) mass is 291 g/mol. The number of H-pyrrole nitrogens is 1. The fourth-order valence-electron chi connectivity index (χ4n) is 1.79. The first-order chi connectivity index (χ1) is 9.97. The second-order valence-corrected chi connectivity index (χ2v) is 5.11. The quantitative estimate of drug-likeness (QED) is 0.856. The molecule has 112 valence electrons. The van der Waals surface area contributed by atoms with Gasteiger partial charge < -0.3 is 15.0 Å². The topological polar surface area (TPSA) is 67.0 Å². The lowest BCUT2D eigenvalue weighted by Crippen LogP contribution is -2.47. The van der Waals surface area contributed by atoms with Gasteiger partial charge in [0.25, 0.3) is 5.91 Å². The van der Waals surface area contributed by atoms with Crippen LogP contribution < -0.4 is 10.1 Å². The van der Waals surface area contributed by atoms with Crippen molar-refractivity contribution in [2.45, 2.75) is 25.9 Å². The number of aromatic amines is 1. The lowest BCUT2D eigenvalue weighted by Gasteiger charge is -2.25. The molecular formula is C15H18FN3O2. The number of nitrogens with zero attached hydrogens (tertiary/aromatic N) is 1. The summed E-state index contributed by atoms with van der Waals surface area (Å²) in [4.78, 5) is 19.2. The number of benzene rings is 1. The van der Waals surface area contributed by atoms with E-state index in [9.17, 15) is 9.18 Å². The lowest BCUT2D eigenvalue weighted by molar-refractivity contribution is -0.134. The summed E-state index contributed by atoms with van der Waals surface area (Å²) < 4.78 is 18.4. The number of nitrogens with one attached hydrogen (secondary N) is 2. The number of ether oxygens (including phenoxy) is 1. The van der Waals surface area contributed by atoms with Crippen LogP contribution >= 0.6 is 0 Å². The average molecular weight is 291 g/mol. The molecule has 1 amide bonds. The molecule has 0 saturated heterocycles. The van der Waals surface area contributed by atoms with Gasteiger partial charge in [0.15, 0.2) is 5.60 Å². The van der Waals surface area contributed by atoms with Gasteiger partial charge in [0.1, 0.15) is 17.4 Å². The molecule has 2 aromatic rings. The van der Waals surface area contributed by atoms with Crippen molar-refractivity contribution in [3.63, 3.8) is 0 Å². The number of carbonyl (C=O) groups excluding carboxylic acids is 1. The molecule has 0 radical (unpaired) electrons. The molecule has 1 heterocycles. The number of imidazole rings is 1. The van der Waals surface area contributed by atoms with Crippen LogP contribution in [0, 0.1) is 5.82 Å².